The van der Waals surface area contributed by atoms with Crippen molar-refractivity contribution in [2.45, 2.75) is 31.2 Å². The molecule has 0 radical (unpaired) electrons. The SMILES string of the molecule is Cc1sc(Br)cc1S(=O)(=O)N(C)C(C)Cc1cccs1. The third kappa shape index (κ3) is 3.33. The summed E-state index contributed by atoms with van der Waals surface area (Å²) in [7, 11) is -1.78. The van der Waals surface area contributed by atoms with Gasteiger partial charge in [0.1, 0.15) is 0 Å². The van der Waals surface area contributed by atoms with Crippen LogP contribution in [0.15, 0.2) is 32.3 Å². The van der Waals surface area contributed by atoms with Gasteiger partial charge in [0.25, 0.3) is 0 Å². The Balaban J connectivity index is 2.22. The van der Waals surface area contributed by atoms with E-state index in [4.69, 9.17) is 0 Å². The molecule has 0 aromatic carbocycles. The van der Waals surface area contributed by atoms with Crippen LogP contribution in [0.3, 0.4) is 0 Å². The lowest BCUT2D eigenvalue weighted by molar-refractivity contribution is 0.388. The summed E-state index contributed by atoms with van der Waals surface area (Å²) in [5.41, 5.74) is 0. The zero-order valence-electron chi connectivity index (χ0n) is 11.5. The quantitative estimate of drug-likeness (QED) is 0.765. The van der Waals surface area contributed by atoms with E-state index in [1.807, 2.05) is 31.4 Å². The monoisotopic (exact) mass is 393 g/mol. The van der Waals surface area contributed by atoms with Crippen molar-refractivity contribution in [3.8, 4) is 0 Å². The summed E-state index contributed by atoms with van der Waals surface area (Å²) in [6, 6.07) is 5.63. The van der Waals surface area contributed by atoms with E-state index in [9.17, 15) is 8.42 Å². The number of hydrogen-bond acceptors (Lipinski definition) is 4. The molecule has 0 bridgehead atoms. The number of hydrogen-bond donors (Lipinski definition) is 0. The Labute approximate surface area is 136 Å². The van der Waals surface area contributed by atoms with Crippen molar-refractivity contribution in [1.29, 1.82) is 0 Å². The summed E-state index contributed by atoms with van der Waals surface area (Å²) in [5.74, 6) is 0. The molecule has 0 aliphatic rings. The number of sulfonamides is 1. The molecule has 0 saturated carbocycles. The molecule has 1 atom stereocenters. The Kier molecular flexibility index (Phi) is 5.07. The Morgan fingerprint density at radius 2 is 2.15 bits per heavy atom. The van der Waals surface area contributed by atoms with Gasteiger partial charge in [-0.25, -0.2) is 8.42 Å². The van der Waals surface area contributed by atoms with Gasteiger partial charge in [-0.15, -0.1) is 22.7 Å². The van der Waals surface area contributed by atoms with Gasteiger partial charge in [-0.05, 0) is 53.7 Å². The highest BCUT2D eigenvalue weighted by Gasteiger charge is 2.28. The molecule has 2 aromatic heterocycles. The standard InChI is InChI=1S/C13H16BrNO2S3/c1-9(7-11-5-4-6-18-11)15(3)20(16,17)12-8-13(14)19-10(12)2/h4-6,8-9H,7H2,1-3H3. The van der Waals surface area contributed by atoms with Crippen LogP contribution in [-0.4, -0.2) is 25.8 Å². The fraction of sp³-hybridized carbons (Fsp3) is 0.385. The lowest BCUT2D eigenvalue weighted by Gasteiger charge is -2.23. The topological polar surface area (TPSA) is 37.4 Å². The molecule has 0 saturated heterocycles. The van der Waals surface area contributed by atoms with Gasteiger partial charge in [-0.2, -0.15) is 4.31 Å². The average molecular weight is 394 g/mol. The lowest BCUT2D eigenvalue weighted by Crippen LogP contribution is -2.36. The van der Waals surface area contributed by atoms with E-state index < -0.39 is 10.0 Å². The van der Waals surface area contributed by atoms with E-state index in [2.05, 4.69) is 15.9 Å². The minimum atomic E-state index is -3.43. The molecule has 0 aliphatic heterocycles. The Hall–Kier alpha value is -0.210. The highest BCUT2D eigenvalue weighted by molar-refractivity contribution is 9.11. The van der Waals surface area contributed by atoms with Gasteiger partial charge in [0, 0.05) is 22.8 Å². The molecule has 2 rings (SSSR count). The molecule has 0 fully saturated rings. The van der Waals surface area contributed by atoms with E-state index in [-0.39, 0.29) is 6.04 Å². The van der Waals surface area contributed by atoms with E-state index >= 15 is 0 Å². The molecule has 0 N–H and O–H groups in total. The number of likely N-dealkylation sites (N-methyl/N-ethyl adjacent to an activating group) is 1. The third-order valence-electron chi connectivity index (χ3n) is 3.20. The summed E-state index contributed by atoms with van der Waals surface area (Å²) in [6.07, 6.45) is 0.734. The Morgan fingerprint density at radius 3 is 2.65 bits per heavy atom. The molecule has 2 heterocycles. The minimum Gasteiger partial charge on any atom is -0.207 e. The fourth-order valence-electron chi connectivity index (χ4n) is 1.93. The van der Waals surface area contributed by atoms with Crippen molar-refractivity contribution >= 4 is 48.6 Å². The zero-order chi connectivity index (χ0) is 14.9. The second-order valence-corrected chi connectivity index (χ2v) is 10.3. The maximum Gasteiger partial charge on any atom is 0.244 e. The summed E-state index contributed by atoms with van der Waals surface area (Å²) in [5, 5.41) is 2.01. The van der Waals surface area contributed by atoms with Gasteiger partial charge in [-0.3, -0.25) is 0 Å². The van der Waals surface area contributed by atoms with Crippen LogP contribution in [0.4, 0.5) is 0 Å². The maximum atomic E-state index is 12.7. The minimum absolute atomic E-state index is 0.0725. The molecule has 0 aliphatic carbocycles. The first-order chi connectivity index (χ1) is 9.32. The van der Waals surface area contributed by atoms with Crippen LogP contribution < -0.4 is 0 Å². The van der Waals surface area contributed by atoms with Crippen molar-refractivity contribution in [2.75, 3.05) is 7.05 Å². The molecular weight excluding hydrogens is 378 g/mol. The number of thiophene rings is 2. The summed E-state index contributed by atoms with van der Waals surface area (Å²) < 4.78 is 27.6. The van der Waals surface area contributed by atoms with E-state index in [0.717, 1.165) is 15.1 Å². The Morgan fingerprint density at radius 1 is 1.45 bits per heavy atom. The van der Waals surface area contributed by atoms with Crippen LogP contribution in [0.25, 0.3) is 0 Å². The fourth-order valence-corrected chi connectivity index (χ4v) is 6.50. The predicted octanol–water partition coefficient (Wildman–Crippen LogP) is 4.13. The molecule has 0 spiro atoms. The first kappa shape index (κ1) is 16.2. The second-order valence-electron chi connectivity index (χ2n) is 4.62. The van der Waals surface area contributed by atoms with Crippen LogP contribution in [0.5, 0.6) is 0 Å². The van der Waals surface area contributed by atoms with Crippen LogP contribution >= 0.6 is 38.6 Å². The van der Waals surface area contributed by atoms with Gasteiger partial charge >= 0.3 is 0 Å². The normalized spacial score (nSPS) is 13.8. The molecule has 110 valence electrons. The second kappa shape index (κ2) is 6.27. The first-order valence-electron chi connectivity index (χ1n) is 6.08. The van der Waals surface area contributed by atoms with E-state index in [0.29, 0.717) is 4.90 Å². The Bertz CT molecular complexity index is 677. The van der Waals surface area contributed by atoms with Crippen LogP contribution in [0, 0.1) is 6.92 Å². The summed E-state index contributed by atoms with van der Waals surface area (Å²) in [4.78, 5) is 2.41. The highest BCUT2D eigenvalue weighted by Crippen LogP contribution is 2.32. The van der Waals surface area contributed by atoms with Gasteiger partial charge in [0.15, 0.2) is 0 Å². The predicted molar refractivity (Wildman–Crippen MR) is 89.2 cm³/mol. The lowest BCUT2D eigenvalue weighted by atomic mass is 10.2. The van der Waals surface area contributed by atoms with Crippen LogP contribution in [0.2, 0.25) is 0 Å². The molecule has 2 aromatic rings. The summed E-state index contributed by atoms with van der Waals surface area (Å²) >= 11 is 6.45. The van der Waals surface area contributed by atoms with Crippen molar-refractivity contribution in [3.05, 3.63) is 37.1 Å². The number of rotatable bonds is 5. The molecule has 0 amide bonds. The van der Waals surface area contributed by atoms with Gasteiger partial charge in [0.05, 0.1) is 8.68 Å². The van der Waals surface area contributed by atoms with Crippen molar-refractivity contribution in [2.24, 2.45) is 0 Å². The summed E-state index contributed by atoms with van der Waals surface area (Å²) in [6.45, 7) is 3.77. The third-order valence-corrected chi connectivity index (χ3v) is 7.88. The number of aryl methyl sites for hydroxylation is 1. The molecule has 20 heavy (non-hydrogen) atoms. The zero-order valence-corrected chi connectivity index (χ0v) is 15.5. The molecule has 1 unspecified atom stereocenters. The largest absolute Gasteiger partial charge is 0.244 e. The molecule has 3 nitrogen and oxygen atoms in total. The maximum absolute atomic E-state index is 12.7. The van der Waals surface area contributed by atoms with Gasteiger partial charge in [-0.1, -0.05) is 6.07 Å². The van der Waals surface area contributed by atoms with Crippen molar-refractivity contribution in [3.63, 3.8) is 0 Å². The molecular formula is C13H16BrNO2S3. The number of nitrogens with zero attached hydrogens (tertiary/aromatic N) is 1. The molecule has 7 heteroatoms. The van der Waals surface area contributed by atoms with Crippen molar-refractivity contribution < 1.29 is 8.42 Å². The van der Waals surface area contributed by atoms with Gasteiger partial charge < -0.3 is 0 Å². The highest BCUT2D eigenvalue weighted by atomic mass is 79.9. The average Bonchev–Trinajstić information content (AvgIpc) is 2.98. The smallest absolute Gasteiger partial charge is 0.207 e. The van der Waals surface area contributed by atoms with E-state index in [1.165, 1.54) is 20.5 Å². The van der Waals surface area contributed by atoms with Gasteiger partial charge in [0.2, 0.25) is 10.0 Å². The van der Waals surface area contributed by atoms with Crippen LogP contribution in [0.1, 0.15) is 16.7 Å². The van der Waals surface area contributed by atoms with Crippen molar-refractivity contribution in [1.82, 2.24) is 4.31 Å². The van der Waals surface area contributed by atoms with E-state index in [1.54, 1.807) is 24.5 Å². The van der Waals surface area contributed by atoms with Crippen LogP contribution in [-0.2, 0) is 16.4 Å². The first-order valence-corrected chi connectivity index (χ1v) is 10.0. The number of halogens is 1.